The van der Waals surface area contributed by atoms with Gasteiger partial charge in [0.25, 0.3) is 0 Å². The quantitative estimate of drug-likeness (QED) is 0.165. The third-order valence-corrected chi connectivity index (χ3v) is 11.9. The van der Waals surface area contributed by atoms with Crippen LogP contribution in [0.4, 0.5) is 52.7 Å². The van der Waals surface area contributed by atoms with E-state index in [1.807, 2.05) is 0 Å². The number of benzene rings is 7. The minimum absolute atomic E-state index is 0.0325. The van der Waals surface area contributed by atoms with Gasteiger partial charge in [-0.25, -0.2) is 0 Å². The van der Waals surface area contributed by atoms with E-state index in [0.717, 1.165) is 72.8 Å². The van der Waals surface area contributed by atoms with Crippen LogP contribution in [-0.2, 0) is 24.7 Å². The SMILES string of the molecule is Cc1c(C#N)cccc1-c1cc(-n2c3ccc(C(F)(F)F)cc3c3cc(C(F)(F)F)ccc32)c(-c2cccc(C#N)c2C)cc1-n1c2ccc(C(F)(F)F)cc2c2cc(C(F)(F)F)ccc21. The summed E-state index contributed by atoms with van der Waals surface area (Å²) in [6, 6.07) is 27.3. The molecule has 330 valence electrons. The fraction of sp³-hybridized carbons (Fsp3) is 0.120. The van der Waals surface area contributed by atoms with Gasteiger partial charge in [0.1, 0.15) is 0 Å². The van der Waals surface area contributed by atoms with Crippen LogP contribution >= 0.6 is 0 Å². The zero-order valence-electron chi connectivity index (χ0n) is 33.9. The summed E-state index contributed by atoms with van der Waals surface area (Å²) in [6.07, 6.45) is -19.6. The van der Waals surface area contributed by atoms with Crippen LogP contribution in [0.2, 0.25) is 0 Å². The maximum atomic E-state index is 14.3. The van der Waals surface area contributed by atoms with Crippen molar-refractivity contribution < 1.29 is 52.7 Å². The topological polar surface area (TPSA) is 57.4 Å². The Morgan fingerprint density at radius 2 is 0.636 bits per heavy atom. The van der Waals surface area contributed by atoms with E-state index in [2.05, 4.69) is 12.1 Å². The van der Waals surface area contributed by atoms with Gasteiger partial charge in [-0.15, -0.1) is 0 Å². The molecule has 0 amide bonds. The number of halogens is 12. The summed E-state index contributed by atoms with van der Waals surface area (Å²) in [5.74, 6) is 0. The largest absolute Gasteiger partial charge is 0.416 e. The number of nitrogens with zero attached hydrogens (tertiary/aromatic N) is 4. The molecule has 9 aromatic rings. The van der Waals surface area contributed by atoms with Gasteiger partial charge in [0.15, 0.2) is 0 Å². The number of hydrogen-bond acceptors (Lipinski definition) is 2. The molecule has 0 fully saturated rings. The van der Waals surface area contributed by atoms with E-state index in [1.165, 1.54) is 21.3 Å². The van der Waals surface area contributed by atoms with Gasteiger partial charge in [0.05, 0.1) is 79.0 Å². The highest BCUT2D eigenvalue weighted by molar-refractivity contribution is 6.12. The molecule has 0 saturated carbocycles. The zero-order valence-corrected chi connectivity index (χ0v) is 33.9. The smallest absolute Gasteiger partial charge is 0.309 e. The first-order valence-electron chi connectivity index (χ1n) is 19.7. The molecule has 66 heavy (non-hydrogen) atoms. The first-order chi connectivity index (χ1) is 31.0. The first-order valence-corrected chi connectivity index (χ1v) is 19.7. The highest BCUT2D eigenvalue weighted by Gasteiger charge is 2.36. The maximum absolute atomic E-state index is 14.3. The molecular formula is C50H26F12N4. The van der Waals surface area contributed by atoms with Crippen molar-refractivity contribution in [3.63, 3.8) is 0 Å². The van der Waals surface area contributed by atoms with Crippen LogP contribution in [0.3, 0.4) is 0 Å². The molecule has 0 N–H and O–H groups in total. The van der Waals surface area contributed by atoms with Gasteiger partial charge in [-0.1, -0.05) is 24.3 Å². The molecule has 16 heteroatoms. The zero-order chi connectivity index (χ0) is 47.4. The second-order valence-electron chi connectivity index (χ2n) is 15.7. The van der Waals surface area contributed by atoms with Gasteiger partial charge >= 0.3 is 24.7 Å². The number of aromatic nitrogens is 2. The number of alkyl halides is 12. The summed E-state index contributed by atoms with van der Waals surface area (Å²) < 4.78 is 174. The van der Waals surface area contributed by atoms with Crippen LogP contribution in [0.5, 0.6) is 0 Å². The van der Waals surface area contributed by atoms with E-state index in [9.17, 15) is 63.2 Å². The maximum Gasteiger partial charge on any atom is 0.416 e. The van der Waals surface area contributed by atoms with Gasteiger partial charge in [-0.2, -0.15) is 63.2 Å². The van der Waals surface area contributed by atoms with E-state index in [-0.39, 0.29) is 77.2 Å². The molecule has 4 nitrogen and oxygen atoms in total. The molecule has 0 aliphatic rings. The van der Waals surface area contributed by atoms with Crippen molar-refractivity contribution in [1.29, 1.82) is 10.5 Å². The molecule has 0 radical (unpaired) electrons. The molecule has 2 heterocycles. The first kappa shape index (κ1) is 43.5. The van der Waals surface area contributed by atoms with Gasteiger partial charge in [-0.3, -0.25) is 0 Å². The van der Waals surface area contributed by atoms with Crippen molar-refractivity contribution in [2.24, 2.45) is 0 Å². The average Bonchev–Trinajstić information content (AvgIpc) is 3.76. The molecule has 0 unspecified atom stereocenters. The lowest BCUT2D eigenvalue weighted by molar-refractivity contribution is -0.138. The van der Waals surface area contributed by atoms with E-state index in [0.29, 0.717) is 22.3 Å². The predicted octanol–water partition coefficient (Wildman–Crippen LogP) is 15.7. The minimum Gasteiger partial charge on any atom is -0.309 e. The Morgan fingerprint density at radius 1 is 0.364 bits per heavy atom. The highest BCUT2D eigenvalue weighted by atomic mass is 19.4. The number of nitriles is 2. The molecule has 0 bridgehead atoms. The van der Waals surface area contributed by atoms with Crippen molar-refractivity contribution in [3.8, 4) is 45.8 Å². The predicted molar refractivity (Wildman–Crippen MR) is 225 cm³/mol. The second-order valence-corrected chi connectivity index (χ2v) is 15.7. The molecule has 0 aliphatic heterocycles. The summed E-state index contributed by atoms with van der Waals surface area (Å²) in [6.45, 7) is 3.22. The van der Waals surface area contributed by atoms with E-state index < -0.39 is 47.0 Å². The van der Waals surface area contributed by atoms with Gasteiger partial charge in [0, 0.05) is 32.7 Å². The van der Waals surface area contributed by atoms with Gasteiger partial charge in [-0.05, 0) is 133 Å². The van der Waals surface area contributed by atoms with Crippen molar-refractivity contribution in [2.45, 2.75) is 38.6 Å². The molecule has 0 atom stereocenters. The van der Waals surface area contributed by atoms with Crippen molar-refractivity contribution >= 4 is 43.6 Å². The highest BCUT2D eigenvalue weighted by Crippen LogP contribution is 2.48. The summed E-state index contributed by atoms with van der Waals surface area (Å²) >= 11 is 0. The van der Waals surface area contributed by atoms with Crippen molar-refractivity contribution in [1.82, 2.24) is 9.13 Å². The third kappa shape index (κ3) is 7.04. The molecule has 7 aromatic carbocycles. The van der Waals surface area contributed by atoms with Crippen molar-refractivity contribution in [3.05, 3.63) is 166 Å². The van der Waals surface area contributed by atoms with Gasteiger partial charge in [0.2, 0.25) is 0 Å². The lowest BCUT2D eigenvalue weighted by Crippen LogP contribution is -2.07. The molecule has 0 saturated heterocycles. The second kappa shape index (κ2) is 14.9. The lowest BCUT2D eigenvalue weighted by atomic mass is 9.90. The Kier molecular flexibility index (Phi) is 9.84. The monoisotopic (exact) mass is 910 g/mol. The molecule has 9 rings (SSSR count). The Hall–Kier alpha value is -7.72. The van der Waals surface area contributed by atoms with Crippen molar-refractivity contribution in [2.75, 3.05) is 0 Å². The minimum atomic E-state index is -4.90. The fourth-order valence-electron chi connectivity index (χ4n) is 8.75. The van der Waals surface area contributed by atoms with Crippen LogP contribution < -0.4 is 0 Å². The van der Waals surface area contributed by atoms with Crippen LogP contribution in [-0.4, -0.2) is 9.13 Å². The Labute approximate surface area is 365 Å². The average molecular weight is 911 g/mol. The summed E-state index contributed by atoms with van der Waals surface area (Å²) in [5.41, 5.74) is -1.90. The van der Waals surface area contributed by atoms with Crippen LogP contribution in [0, 0.1) is 36.5 Å². The normalized spacial score (nSPS) is 12.7. The van der Waals surface area contributed by atoms with E-state index in [4.69, 9.17) is 0 Å². The molecule has 0 aliphatic carbocycles. The van der Waals surface area contributed by atoms with Crippen LogP contribution in [0.1, 0.15) is 44.5 Å². The number of fused-ring (bicyclic) bond motifs is 6. The van der Waals surface area contributed by atoms with E-state index >= 15 is 0 Å². The summed E-state index contributed by atoms with van der Waals surface area (Å²) in [5, 5.41) is 19.5. The third-order valence-electron chi connectivity index (χ3n) is 11.9. The molecular weight excluding hydrogens is 885 g/mol. The summed E-state index contributed by atoms with van der Waals surface area (Å²) in [7, 11) is 0. The van der Waals surface area contributed by atoms with E-state index in [1.54, 1.807) is 50.2 Å². The Balaban J connectivity index is 1.52. The molecule has 2 aromatic heterocycles. The Morgan fingerprint density at radius 3 is 0.879 bits per heavy atom. The number of hydrogen-bond donors (Lipinski definition) is 0. The van der Waals surface area contributed by atoms with Gasteiger partial charge < -0.3 is 9.13 Å². The standard InChI is InChI=1S/C50H26F12N4/c1-25-27(23-63)5-3-7-33(25)39-21-46(66-43-15-11-31(49(57,58)59)19-37(43)38-20-32(50(60,61)62)12-16-44(38)66)40(34-8-4-6-28(24-64)26(34)2)22-45(39)65-41-13-9-29(47(51,52)53)17-35(41)36-18-30(48(54,55)56)10-14-42(36)65/h3-22H,1-2H3. The number of rotatable bonds is 4. The molecule has 0 spiro atoms. The Bertz CT molecular complexity index is 3210. The van der Waals surface area contributed by atoms with Crippen LogP contribution in [0.25, 0.3) is 77.2 Å². The summed E-state index contributed by atoms with van der Waals surface area (Å²) in [4.78, 5) is 0. The van der Waals surface area contributed by atoms with Crippen LogP contribution in [0.15, 0.2) is 121 Å². The lowest BCUT2D eigenvalue weighted by Gasteiger charge is -2.23. The fourth-order valence-corrected chi connectivity index (χ4v) is 8.75.